The van der Waals surface area contributed by atoms with Gasteiger partial charge in [0.1, 0.15) is 16.8 Å². The Hall–Kier alpha value is -2.41. The van der Waals surface area contributed by atoms with Crippen molar-refractivity contribution in [2.45, 2.75) is 38.8 Å². The van der Waals surface area contributed by atoms with Crippen LogP contribution >= 0.6 is 23.3 Å². The molecule has 1 heterocycles. The number of hydrogen-bond acceptors (Lipinski definition) is 8. The fourth-order valence-corrected chi connectivity index (χ4v) is 5.40. The lowest BCUT2D eigenvalue weighted by atomic mass is 10.0. The van der Waals surface area contributed by atoms with Gasteiger partial charge in [-0.05, 0) is 67.8 Å². The number of hydrogen-bond donors (Lipinski definition) is 2. The third-order valence-corrected chi connectivity index (χ3v) is 7.34. The zero-order valence-corrected chi connectivity index (χ0v) is 20.7. The Morgan fingerprint density at radius 2 is 2.21 bits per heavy atom. The molecule has 4 rings (SSSR count). The third kappa shape index (κ3) is 5.40. The number of fused-ring (bicyclic) bond motifs is 1. The lowest BCUT2D eigenvalue weighted by Crippen LogP contribution is -2.28. The van der Waals surface area contributed by atoms with Crippen LogP contribution in [0.4, 0.5) is 0 Å². The third-order valence-electron chi connectivity index (χ3n) is 5.66. The van der Waals surface area contributed by atoms with E-state index in [9.17, 15) is 10.5 Å². The molecule has 8 heteroatoms. The van der Waals surface area contributed by atoms with Crippen LogP contribution < -0.4 is 10.1 Å². The summed E-state index contributed by atoms with van der Waals surface area (Å²) in [6.45, 7) is 5.21. The van der Waals surface area contributed by atoms with Crippen molar-refractivity contribution in [3.05, 3.63) is 59.3 Å². The van der Waals surface area contributed by atoms with Crippen LogP contribution in [-0.2, 0) is 6.42 Å². The lowest BCUT2D eigenvalue weighted by molar-refractivity contribution is 0.0181. The molecule has 0 saturated heterocycles. The van der Waals surface area contributed by atoms with Gasteiger partial charge in [0, 0.05) is 30.9 Å². The topological polar surface area (TPSA) is 81.4 Å². The Morgan fingerprint density at radius 1 is 1.36 bits per heavy atom. The van der Waals surface area contributed by atoms with Crippen LogP contribution in [0.3, 0.4) is 0 Å². The standard InChI is InChI=1S/C25H28N4O2S2/c1-16(2)31-23-10-7-17(13-18(23)14-26)25-28-15-24(33-25)21-6-4-5-20-19(21)8-9-22(20)27-11-12-29(30)32-3/h4-7,10,13,15-16,22,27,30H,8-9,11-12H2,1-3H3. The minimum absolute atomic E-state index is 0.0148. The maximum atomic E-state index is 9.63. The highest BCUT2D eigenvalue weighted by molar-refractivity contribution is 7.96. The van der Waals surface area contributed by atoms with Gasteiger partial charge in [-0.15, -0.1) is 15.8 Å². The average molecular weight is 481 g/mol. The van der Waals surface area contributed by atoms with Crippen molar-refractivity contribution in [3.8, 4) is 32.8 Å². The van der Waals surface area contributed by atoms with E-state index in [0.717, 1.165) is 34.8 Å². The number of aromatic nitrogens is 1. The molecule has 0 saturated carbocycles. The summed E-state index contributed by atoms with van der Waals surface area (Å²) >= 11 is 2.96. The maximum Gasteiger partial charge on any atom is 0.137 e. The molecule has 2 N–H and O–H groups in total. The van der Waals surface area contributed by atoms with Crippen molar-refractivity contribution in [2.24, 2.45) is 0 Å². The van der Waals surface area contributed by atoms with E-state index in [1.807, 2.05) is 44.5 Å². The van der Waals surface area contributed by atoms with Gasteiger partial charge in [-0.1, -0.05) is 30.1 Å². The summed E-state index contributed by atoms with van der Waals surface area (Å²) in [5.74, 6) is 0.606. The lowest BCUT2D eigenvalue weighted by Gasteiger charge is -2.17. The summed E-state index contributed by atoms with van der Waals surface area (Å²) in [6, 6.07) is 14.7. The van der Waals surface area contributed by atoms with Gasteiger partial charge in [0.15, 0.2) is 0 Å². The molecule has 1 unspecified atom stereocenters. The molecule has 0 aliphatic heterocycles. The van der Waals surface area contributed by atoms with Crippen LogP contribution in [0.25, 0.3) is 21.0 Å². The zero-order chi connectivity index (χ0) is 23.4. The van der Waals surface area contributed by atoms with E-state index in [2.05, 4.69) is 34.6 Å². The SMILES string of the molecule is CSN(O)CCNC1CCc2c(-c3cnc(-c4ccc(OC(C)C)c(C#N)c4)s3)cccc21. The molecular weight excluding hydrogens is 452 g/mol. The van der Waals surface area contributed by atoms with Crippen molar-refractivity contribution in [1.82, 2.24) is 14.8 Å². The van der Waals surface area contributed by atoms with E-state index in [4.69, 9.17) is 4.74 Å². The second-order valence-electron chi connectivity index (χ2n) is 8.20. The predicted octanol–water partition coefficient (Wildman–Crippen LogP) is 5.68. The highest BCUT2D eigenvalue weighted by Gasteiger charge is 2.25. The monoisotopic (exact) mass is 480 g/mol. The molecule has 0 radical (unpaired) electrons. The predicted molar refractivity (Wildman–Crippen MR) is 135 cm³/mol. The van der Waals surface area contributed by atoms with E-state index in [-0.39, 0.29) is 6.10 Å². The van der Waals surface area contributed by atoms with Gasteiger partial charge >= 0.3 is 0 Å². The van der Waals surface area contributed by atoms with Crippen molar-refractivity contribution in [3.63, 3.8) is 0 Å². The minimum atomic E-state index is 0.0148. The van der Waals surface area contributed by atoms with Crippen LogP contribution in [0.5, 0.6) is 5.75 Å². The number of nitriles is 1. The van der Waals surface area contributed by atoms with Crippen LogP contribution in [0, 0.1) is 11.3 Å². The number of rotatable bonds is 9. The highest BCUT2D eigenvalue weighted by Crippen LogP contribution is 2.41. The molecule has 0 amide bonds. The molecule has 3 aromatic rings. The molecule has 1 aliphatic carbocycles. The molecule has 1 atom stereocenters. The molecule has 172 valence electrons. The van der Waals surface area contributed by atoms with Gasteiger partial charge in [0.25, 0.3) is 0 Å². The Balaban J connectivity index is 1.55. The number of benzene rings is 2. The molecule has 33 heavy (non-hydrogen) atoms. The molecule has 0 bridgehead atoms. The molecule has 1 aromatic heterocycles. The Labute approximate surface area is 203 Å². The zero-order valence-electron chi connectivity index (χ0n) is 19.0. The first kappa shape index (κ1) is 23.7. The normalized spacial score (nSPS) is 15.1. The fourth-order valence-electron chi connectivity index (χ4n) is 4.16. The maximum absolute atomic E-state index is 9.63. The molecule has 0 fully saturated rings. The van der Waals surface area contributed by atoms with E-state index in [0.29, 0.717) is 23.9 Å². The van der Waals surface area contributed by atoms with E-state index >= 15 is 0 Å². The number of hydroxylamine groups is 1. The summed E-state index contributed by atoms with van der Waals surface area (Å²) in [5, 5.41) is 23.6. The van der Waals surface area contributed by atoms with Crippen molar-refractivity contribution < 1.29 is 9.94 Å². The minimum Gasteiger partial charge on any atom is -0.490 e. The van der Waals surface area contributed by atoms with Crippen LogP contribution in [-0.4, -0.2) is 40.1 Å². The Kier molecular flexibility index (Phi) is 7.68. The first-order chi connectivity index (χ1) is 16.0. The summed E-state index contributed by atoms with van der Waals surface area (Å²) in [4.78, 5) is 5.80. The van der Waals surface area contributed by atoms with Gasteiger partial charge in [-0.2, -0.15) is 5.26 Å². The first-order valence-corrected chi connectivity index (χ1v) is 13.0. The van der Waals surface area contributed by atoms with Gasteiger partial charge in [0.2, 0.25) is 0 Å². The number of thiazole rings is 1. The Bertz CT molecular complexity index is 1160. The molecule has 1 aliphatic rings. The summed E-state index contributed by atoms with van der Waals surface area (Å²) in [6.07, 6.45) is 5.87. The summed E-state index contributed by atoms with van der Waals surface area (Å²) in [5.41, 5.74) is 5.38. The second kappa shape index (κ2) is 10.7. The van der Waals surface area contributed by atoms with Crippen LogP contribution in [0.2, 0.25) is 0 Å². The molecule has 6 nitrogen and oxygen atoms in total. The molecule has 0 spiro atoms. The molecule has 2 aromatic carbocycles. The van der Waals surface area contributed by atoms with Crippen LogP contribution in [0.15, 0.2) is 42.6 Å². The van der Waals surface area contributed by atoms with Gasteiger partial charge in [0.05, 0.1) is 16.5 Å². The van der Waals surface area contributed by atoms with Crippen LogP contribution in [0.1, 0.15) is 43.0 Å². The quantitative estimate of drug-likeness (QED) is 0.301. The Morgan fingerprint density at radius 3 is 2.97 bits per heavy atom. The summed E-state index contributed by atoms with van der Waals surface area (Å²) < 4.78 is 6.99. The number of nitrogens with one attached hydrogen (secondary N) is 1. The number of nitrogens with zero attached hydrogens (tertiary/aromatic N) is 3. The van der Waals surface area contributed by atoms with Crippen molar-refractivity contribution in [1.29, 1.82) is 5.26 Å². The van der Waals surface area contributed by atoms with Crippen molar-refractivity contribution in [2.75, 3.05) is 19.3 Å². The van der Waals surface area contributed by atoms with E-state index in [1.165, 1.54) is 33.1 Å². The van der Waals surface area contributed by atoms with E-state index < -0.39 is 0 Å². The van der Waals surface area contributed by atoms with Gasteiger partial charge in [-0.3, -0.25) is 0 Å². The number of ether oxygens (including phenoxy) is 1. The van der Waals surface area contributed by atoms with Crippen molar-refractivity contribution >= 4 is 23.3 Å². The average Bonchev–Trinajstić information content (AvgIpc) is 3.46. The summed E-state index contributed by atoms with van der Waals surface area (Å²) in [7, 11) is 0. The highest BCUT2D eigenvalue weighted by atomic mass is 32.2. The second-order valence-corrected chi connectivity index (χ2v) is 10.0. The molecular formula is C25H28N4O2S2. The van der Waals surface area contributed by atoms with Gasteiger partial charge < -0.3 is 15.3 Å². The first-order valence-electron chi connectivity index (χ1n) is 11.0. The largest absolute Gasteiger partial charge is 0.490 e. The van der Waals surface area contributed by atoms with E-state index in [1.54, 1.807) is 11.3 Å². The van der Waals surface area contributed by atoms with Gasteiger partial charge in [-0.25, -0.2) is 4.98 Å². The smallest absolute Gasteiger partial charge is 0.137 e. The fraction of sp³-hybridized carbons (Fsp3) is 0.360.